The number of nitrogens with two attached hydrogens (primary N) is 2. The molecule has 1 rings (SSSR count). The van der Waals surface area contributed by atoms with E-state index in [0.717, 1.165) is 30.7 Å². The molecule has 0 bridgehead atoms. The molecule has 0 radical (unpaired) electrons. The van der Waals surface area contributed by atoms with Crippen LogP contribution in [0.5, 0.6) is 0 Å². The molecule has 0 aliphatic rings. The molecule has 0 atom stereocenters. The van der Waals surface area contributed by atoms with Gasteiger partial charge in [-0.05, 0) is 30.7 Å². The molecule has 3 amide bonds. The van der Waals surface area contributed by atoms with E-state index in [1.165, 1.54) is 4.90 Å². The third-order valence-corrected chi connectivity index (χ3v) is 3.07. The Morgan fingerprint density at radius 1 is 1.15 bits per heavy atom. The Balaban J connectivity index is 2.71. The lowest BCUT2D eigenvalue weighted by atomic mass is 10.2. The summed E-state index contributed by atoms with van der Waals surface area (Å²) in [6, 6.07) is 6.32. The Hall–Kier alpha value is -2.08. The Morgan fingerprint density at radius 2 is 1.75 bits per heavy atom. The van der Waals surface area contributed by atoms with Crippen LogP contribution in [-0.4, -0.2) is 19.0 Å². The van der Waals surface area contributed by atoms with Crippen LogP contribution in [-0.2, 0) is 4.79 Å². The van der Waals surface area contributed by atoms with Crippen LogP contribution in [0.3, 0.4) is 0 Å². The van der Waals surface area contributed by atoms with Gasteiger partial charge in [0.05, 0.1) is 5.69 Å². The van der Waals surface area contributed by atoms with Gasteiger partial charge in [-0.2, -0.15) is 0 Å². The minimum Gasteiger partial charge on any atom is -0.351 e. The first-order chi connectivity index (χ1) is 9.60. The first kappa shape index (κ1) is 16.0. The van der Waals surface area contributed by atoms with Crippen molar-refractivity contribution < 1.29 is 9.59 Å². The number of carbonyl (C=O) groups is 2. The quantitative estimate of drug-likeness (QED) is 0.250. The Morgan fingerprint density at radius 3 is 2.25 bits per heavy atom. The van der Waals surface area contributed by atoms with Crippen molar-refractivity contribution in [2.24, 2.45) is 11.6 Å². The summed E-state index contributed by atoms with van der Waals surface area (Å²) in [4.78, 5) is 23.6. The fourth-order valence-electron chi connectivity index (χ4n) is 1.93. The number of amides is 3. The molecule has 0 aliphatic carbocycles. The van der Waals surface area contributed by atoms with Crippen molar-refractivity contribution in [1.29, 1.82) is 0 Å². The highest BCUT2D eigenvalue weighted by atomic mass is 16.2. The predicted molar refractivity (Wildman–Crippen MR) is 80.2 cm³/mol. The lowest BCUT2D eigenvalue weighted by molar-refractivity contribution is -0.107. The SMILES string of the molecule is CCCCCCN(C(N)=O)c1ccc(N(N)C=O)cc1. The average Bonchev–Trinajstić information content (AvgIpc) is 2.46. The van der Waals surface area contributed by atoms with Gasteiger partial charge in [-0.25, -0.2) is 10.6 Å². The highest BCUT2D eigenvalue weighted by Gasteiger charge is 2.12. The van der Waals surface area contributed by atoms with Gasteiger partial charge in [-0.15, -0.1) is 0 Å². The van der Waals surface area contributed by atoms with Gasteiger partial charge in [-0.3, -0.25) is 14.7 Å². The summed E-state index contributed by atoms with van der Waals surface area (Å²) in [5.41, 5.74) is 6.66. The average molecular weight is 278 g/mol. The van der Waals surface area contributed by atoms with Gasteiger partial charge >= 0.3 is 6.03 Å². The van der Waals surface area contributed by atoms with Crippen molar-refractivity contribution in [3.63, 3.8) is 0 Å². The lowest BCUT2D eigenvalue weighted by Crippen LogP contribution is -2.36. The summed E-state index contributed by atoms with van der Waals surface area (Å²) >= 11 is 0. The molecule has 0 unspecified atom stereocenters. The summed E-state index contributed by atoms with van der Waals surface area (Å²) < 4.78 is 0. The molecule has 0 aromatic heterocycles. The minimum absolute atomic E-state index is 0.478. The van der Waals surface area contributed by atoms with E-state index in [-0.39, 0.29) is 0 Å². The van der Waals surface area contributed by atoms with E-state index in [1.54, 1.807) is 24.3 Å². The molecule has 6 nitrogen and oxygen atoms in total. The largest absolute Gasteiger partial charge is 0.351 e. The number of benzene rings is 1. The zero-order valence-corrected chi connectivity index (χ0v) is 11.8. The first-order valence-electron chi connectivity index (χ1n) is 6.76. The van der Waals surface area contributed by atoms with Gasteiger partial charge < -0.3 is 5.73 Å². The topological polar surface area (TPSA) is 92.7 Å². The predicted octanol–water partition coefficient (Wildman–Crippen LogP) is 1.99. The first-order valence-corrected chi connectivity index (χ1v) is 6.76. The van der Waals surface area contributed by atoms with Gasteiger partial charge in [0.15, 0.2) is 0 Å². The third-order valence-electron chi connectivity index (χ3n) is 3.07. The highest BCUT2D eigenvalue weighted by Crippen LogP contribution is 2.19. The van der Waals surface area contributed by atoms with Crippen LogP contribution in [0.2, 0.25) is 0 Å². The summed E-state index contributed by atoms with van der Waals surface area (Å²) in [5.74, 6) is 5.45. The fourth-order valence-corrected chi connectivity index (χ4v) is 1.93. The van der Waals surface area contributed by atoms with Crippen molar-refractivity contribution in [3.8, 4) is 0 Å². The number of hydrogen-bond donors (Lipinski definition) is 2. The van der Waals surface area contributed by atoms with Gasteiger partial charge in [0.25, 0.3) is 0 Å². The van der Waals surface area contributed by atoms with E-state index in [2.05, 4.69) is 6.92 Å². The van der Waals surface area contributed by atoms with Crippen molar-refractivity contribution in [2.75, 3.05) is 16.5 Å². The number of hydrogen-bond acceptors (Lipinski definition) is 3. The molecule has 0 fully saturated rings. The molecule has 0 heterocycles. The zero-order valence-electron chi connectivity index (χ0n) is 11.8. The highest BCUT2D eigenvalue weighted by molar-refractivity contribution is 5.91. The van der Waals surface area contributed by atoms with E-state index < -0.39 is 6.03 Å². The molecule has 0 aliphatic heterocycles. The maximum absolute atomic E-state index is 11.5. The molecule has 110 valence electrons. The van der Waals surface area contributed by atoms with Crippen molar-refractivity contribution in [2.45, 2.75) is 32.6 Å². The number of primary amides is 1. The Labute approximate surface area is 119 Å². The maximum atomic E-state index is 11.5. The lowest BCUT2D eigenvalue weighted by Gasteiger charge is -2.21. The summed E-state index contributed by atoms with van der Waals surface area (Å²) in [6.07, 6.45) is 4.79. The molecule has 0 saturated heterocycles. The Bertz CT molecular complexity index is 433. The number of unbranched alkanes of at least 4 members (excludes halogenated alkanes) is 3. The molecular weight excluding hydrogens is 256 g/mol. The van der Waals surface area contributed by atoms with Gasteiger partial charge in [0.1, 0.15) is 0 Å². The molecule has 0 spiro atoms. The van der Waals surface area contributed by atoms with E-state index in [0.29, 0.717) is 24.3 Å². The second kappa shape index (κ2) is 8.16. The van der Waals surface area contributed by atoms with Crippen molar-refractivity contribution in [1.82, 2.24) is 0 Å². The smallest absolute Gasteiger partial charge is 0.319 e. The van der Waals surface area contributed by atoms with Crippen LogP contribution < -0.4 is 21.5 Å². The van der Waals surface area contributed by atoms with Crippen LogP contribution in [0.15, 0.2) is 24.3 Å². The molecular formula is C14H22N4O2. The molecule has 4 N–H and O–H groups in total. The number of rotatable bonds is 8. The molecule has 20 heavy (non-hydrogen) atoms. The molecule has 1 aromatic rings. The van der Waals surface area contributed by atoms with Crippen molar-refractivity contribution >= 4 is 23.8 Å². The number of anilines is 2. The number of urea groups is 1. The Kier molecular flexibility index (Phi) is 6.52. The molecule has 1 aromatic carbocycles. The minimum atomic E-state index is -0.478. The fraction of sp³-hybridized carbons (Fsp3) is 0.429. The number of carbonyl (C=O) groups excluding carboxylic acids is 2. The number of hydrazine groups is 1. The van der Waals surface area contributed by atoms with E-state index in [1.807, 2.05) is 0 Å². The van der Waals surface area contributed by atoms with E-state index >= 15 is 0 Å². The second-order valence-corrected chi connectivity index (χ2v) is 4.58. The van der Waals surface area contributed by atoms with Gasteiger partial charge in [0, 0.05) is 12.2 Å². The van der Waals surface area contributed by atoms with E-state index in [4.69, 9.17) is 11.6 Å². The standard InChI is InChI=1S/C14H22N4O2/c1-2-3-4-5-10-17(14(15)20)12-6-8-13(9-7-12)18(16)11-19/h6-9,11H,2-5,10,16H2,1H3,(H2,15,20). The molecule has 6 heteroatoms. The van der Waals surface area contributed by atoms with Crippen LogP contribution in [0.4, 0.5) is 16.2 Å². The third kappa shape index (κ3) is 4.55. The van der Waals surface area contributed by atoms with E-state index in [9.17, 15) is 9.59 Å². The summed E-state index contributed by atoms with van der Waals surface area (Å²) in [7, 11) is 0. The van der Waals surface area contributed by atoms with Crippen LogP contribution in [0.25, 0.3) is 0 Å². The number of nitrogens with zero attached hydrogens (tertiary/aromatic N) is 2. The maximum Gasteiger partial charge on any atom is 0.319 e. The van der Waals surface area contributed by atoms with Gasteiger partial charge in [-0.1, -0.05) is 26.2 Å². The van der Waals surface area contributed by atoms with Gasteiger partial charge in [0.2, 0.25) is 6.41 Å². The van der Waals surface area contributed by atoms with Crippen molar-refractivity contribution in [3.05, 3.63) is 24.3 Å². The zero-order chi connectivity index (χ0) is 15.0. The summed E-state index contributed by atoms with van der Waals surface area (Å²) in [5, 5.41) is 0.972. The second-order valence-electron chi connectivity index (χ2n) is 4.58. The van der Waals surface area contributed by atoms with Crippen LogP contribution >= 0.6 is 0 Å². The van der Waals surface area contributed by atoms with Crippen LogP contribution in [0, 0.1) is 0 Å². The summed E-state index contributed by atoms with van der Waals surface area (Å²) in [6.45, 7) is 2.73. The normalized spacial score (nSPS) is 10.1. The molecule has 0 saturated carbocycles. The van der Waals surface area contributed by atoms with Crippen LogP contribution in [0.1, 0.15) is 32.6 Å². The monoisotopic (exact) mass is 278 g/mol.